The van der Waals surface area contributed by atoms with Crippen LogP contribution in [-0.2, 0) is 4.79 Å². The van der Waals surface area contributed by atoms with Crippen molar-refractivity contribution >= 4 is 5.91 Å². The highest BCUT2D eigenvalue weighted by Crippen LogP contribution is 2.14. The second kappa shape index (κ2) is 6.72. The summed E-state index contributed by atoms with van der Waals surface area (Å²) >= 11 is 0. The lowest BCUT2D eigenvalue weighted by Gasteiger charge is -2.34. The molecule has 5 heteroatoms. The smallest absolute Gasteiger partial charge is 0.222 e. The number of hydrogen-bond acceptors (Lipinski definition) is 4. The van der Waals surface area contributed by atoms with E-state index in [1.807, 2.05) is 4.90 Å². The topological polar surface area (TPSA) is 59.4 Å². The first kappa shape index (κ1) is 13.3. The van der Waals surface area contributed by atoms with E-state index in [1.54, 1.807) is 0 Å². The molecule has 0 aliphatic carbocycles. The third kappa shape index (κ3) is 3.69. The zero-order valence-electron chi connectivity index (χ0n) is 10.9. The van der Waals surface area contributed by atoms with Crippen molar-refractivity contribution in [3.05, 3.63) is 0 Å². The molecule has 18 heavy (non-hydrogen) atoms. The van der Waals surface area contributed by atoms with Crippen LogP contribution in [0.3, 0.4) is 0 Å². The number of carbonyl (C=O) groups excluding carboxylic acids is 1. The molecule has 0 spiro atoms. The summed E-state index contributed by atoms with van der Waals surface area (Å²) < 4.78 is 0. The van der Waals surface area contributed by atoms with Crippen molar-refractivity contribution in [1.29, 1.82) is 5.26 Å². The highest BCUT2D eigenvalue weighted by molar-refractivity contribution is 5.76. The van der Waals surface area contributed by atoms with Gasteiger partial charge < -0.3 is 10.2 Å². The van der Waals surface area contributed by atoms with Crippen molar-refractivity contribution in [3.8, 4) is 6.07 Å². The van der Waals surface area contributed by atoms with E-state index in [0.29, 0.717) is 24.7 Å². The molecule has 100 valence electrons. The molecule has 1 atom stereocenters. The van der Waals surface area contributed by atoms with Gasteiger partial charge in [0.15, 0.2) is 0 Å². The number of rotatable bonds is 4. The van der Waals surface area contributed by atoms with Gasteiger partial charge in [-0.1, -0.05) is 0 Å². The average molecular weight is 250 g/mol. The van der Waals surface area contributed by atoms with Gasteiger partial charge in [-0.05, 0) is 25.4 Å². The summed E-state index contributed by atoms with van der Waals surface area (Å²) in [6, 6.07) is 2.17. The molecule has 5 nitrogen and oxygen atoms in total. The van der Waals surface area contributed by atoms with Gasteiger partial charge in [0.1, 0.15) is 0 Å². The van der Waals surface area contributed by atoms with Gasteiger partial charge in [0.2, 0.25) is 5.91 Å². The summed E-state index contributed by atoms with van der Waals surface area (Å²) in [6.07, 6.45) is 2.42. The Labute approximate surface area is 109 Å². The van der Waals surface area contributed by atoms with E-state index in [1.165, 1.54) is 0 Å². The average Bonchev–Trinajstić information content (AvgIpc) is 2.89. The molecular formula is C13H22N4O. The fraction of sp³-hybridized carbons (Fsp3) is 0.846. The Balaban J connectivity index is 1.68. The normalized spacial score (nSPS) is 25.1. The van der Waals surface area contributed by atoms with Crippen LogP contribution in [0.15, 0.2) is 0 Å². The van der Waals surface area contributed by atoms with Crippen LogP contribution in [0.1, 0.15) is 19.3 Å². The molecular weight excluding hydrogens is 228 g/mol. The predicted octanol–water partition coefficient (Wildman–Crippen LogP) is 0.0439. The number of nitrogens with zero attached hydrogens (tertiary/aromatic N) is 3. The summed E-state index contributed by atoms with van der Waals surface area (Å²) in [5.41, 5.74) is 0. The van der Waals surface area contributed by atoms with Crippen LogP contribution in [0, 0.1) is 17.2 Å². The Morgan fingerprint density at radius 1 is 1.33 bits per heavy atom. The zero-order chi connectivity index (χ0) is 12.8. The fourth-order valence-electron chi connectivity index (χ4n) is 2.69. The molecule has 2 fully saturated rings. The molecule has 2 aliphatic heterocycles. The first-order valence-electron chi connectivity index (χ1n) is 6.87. The van der Waals surface area contributed by atoms with Crippen molar-refractivity contribution in [3.63, 3.8) is 0 Å². The second-order valence-electron chi connectivity index (χ2n) is 5.19. The van der Waals surface area contributed by atoms with Gasteiger partial charge in [-0.2, -0.15) is 5.26 Å². The fourth-order valence-corrected chi connectivity index (χ4v) is 2.69. The van der Waals surface area contributed by atoms with Gasteiger partial charge in [0.05, 0.1) is 6.07 Å². The van der Waals surface area contributed by atoms with Gasteiger partial charge in [-0.25, -0.2) is 0 Å². The largest absolute Gasteiger partial charge is 0.340 e. The Morgan fingerprint density at radius 3 is 2.72 bits per heavy atom. The lowest BCUT2D eigenvalue weighted by Crippen LogP contribution is -2.49. The highest BCUT2D eigenvalue weighted by atomic mass is 16.2. The van der Waals surface area contributed by atoms with Crippen LogP contribution < -0.4 is 5.32 Å². The summed E-state index contributed by atoms with van der Waals surface area (Å²) in [4.78, 5) is 16.4. The van der Waals surface area contributed by atoms with Gasteiger partial charge >= 0.3 is 0 Å². The number of hydrogen-bond donors (Lipinski definition) is 1. The Morgan fingerprint density at radius 2 is 2.11 bits per heavy atom. The standard InChI is InChI=1S/C13H22N4O/c14-3-1-5-16-6-8-17(9-7-16)13(18)10-12-2-4-15-11-12/h12,15H,1-2,4-11H2. The van der Waals surface area contributed by atoms with E-state index in [-0.39, 0.29) is 0 Å². The van der Waals surface area contributed by atoms with E-state index in [0.717, 1.165) is 52.2 Å². The van der Waals surface area contributed by atoms with Crippen molar-refractivity contribution in [2.24, 2.45) is 5.92 Å². The Hall–Kier alpha value is -1.12. The first-order valence-corrected chi connectivity index (χ1v) is 6.87. The van der Waals surface area contributed by atoms with E-state index in [4.69, 9.17) is 5.26 Å². The number of piperazine rings is 1. The van der Waals surface area contributed by atoms with Crippen LogP contribution in [0.5, 0.6) is 0 Å². The minimum absolute atomic E-state index is 0.309. The summed E-state index contributed by atoms with van der Waals surface area (Å²) in [6.45, 7) is 6.36. The van der Waals surface area contributed by atoms with Crippen LogP contribution in [0.2, 0.25) is 0 Å². The van der Waals surface area contributed by atoms with Gasteiger partial charge in [-0.15, -0.1) is 0 Å². The Kier molecular flexibility index (Phi) is 4.97. The number of amides is 1. The minimum atomic E-state index is 0.309. The monoisotopic (exact) mass is 250 g/mol. The Bertz CT molecular complexity index is 311. The van der Waals surface area contributed by atoms with Gasteiger partial charge in [0, 0.05) is 45.6 Å². The molecule has 0 aromatic rings. The van der Waals surface area contributed by atoms with E-state index in [2.05, 4.69) is 16.3 Å². The van der Waals surface area contributed by atoms with Crippen LogP contribution in [-0.4, -0.2) is 61.5 Å². The SMILES string of the molecule is N#CCCN1CCN(C(=O)CC2CCNC2)CC1. The van der Waals surface area contributed by atoms with Gasteiger partial charge in [0.25, 0.3) is 0 Å². The summed E-state index contributed by atoms with van der Waals surface area (Å²) in [7, 11) is 0. The molecule has 1 N–H and O–H groups in total. The first-order chi connectivity index (χ1) is 8.79. The summed E-state index contributed by atoms with van der Waals surface area (Å²) in [5, 5.41) is 11.9. The third-order valence-electron chi connectivity index (χ3n) is 3.89. The van der Waals surface area contributed by atoms with Crippen LogP contribution in [0.4, 0.5) is 0 Å². The molecule has 0 bridgehead atoms. The maximum atomic E-state index is 12.1. The van der Waals surface area contributed by atoms with Crippen molar-refractivity contribution < 1.29 is 4.79 Å². The molecule has 1 unspecified atom stereocenters. The molecule has 0 aromatic carbocycles. The van der Waals surface area contributed by atoms with Gasteiger partial charge in [-0.3, -0.25) is 9.69 Å². The quantitative estimate of drug-likeness (QED) is 0.765. The predicted molar refractivity (Wildman–Crippen MR) is 68.8 cm³/mol. The minimum Gasteiger partial charge on any atom is -0.340 e. The van der Waals surface area contributed by atoms with Crippen LogP contribution in [0.25, 0.3) is 0 Å². The molecule has 2 aliphatic rings. The second-order valence-corrected chi connectivity index (χ2v) is 5.19. The van der Waals surface area contributed by atoms with E-state index in [9.17, 15) is 4.79 Å². The van der Waals surface area contributed by atoms with E-state index >= 15 is 0 Å². The number of nitrogens with one attached hydrogen (secondary N) is 1. The molecule has 2 rings (SSSR count). The molecule has 2 saturated heterocycles. The lowest BCUT2D eigenvalue weighted by atomic mass is 10.0. The molecule has 0 saturated carbocycles. The summed E-state index contributed by atoms with van der Waals surface area (Å²) in [5.74, 6) is 0.845. The van der Waals surface area contributed by atoms with Crippen molar-refractivity contribution in [2.75, 3.05) is 45.8 Å². The number of carbonyl (C=O) groups is 1. The molecule has 1 amide bonds. The molecule has 0 radical (unpaired) electrons. The van der Waals surface area contributed by atoms with E-state index < -0.39 is 0 Å². The maximum absolute atomic E-state index is 12.1. The lowest BCUT2D eigenvalue weighted by molar-refractivity contribution is -0.133. The maximum Gasteiger partial charge on any atom is 0.222 e. The highest BCUT2D eigenvalue weighted by Gasteiger charge is 2.24. The van der Waals surface area contributed by atoms with Crippen molar-refractivity contribution in [2.45, 2.75) is 19.3 Å². The van der Waals surface area contributed by atoms with Crippen LogP contribution >= 0.6 is 0 Å². The third-order valence-corrected chi connectivity index (χ3v) is 3.89. The molecule has 2 heterocycles. The number of nitriles is 1. The zero-order valence-corrected chi connectivity index (χ0v) is 10.9. The molecule has 0 aromatic heterocycles. The van der Waals surface area contributed by atoms with Crippen molar-refractivity contribution in [1.82, 2.24) is 15.1 Å².